The number of nitrogens with zero attached hydrogens (tertiary/aromatic N) is 4. The average molecular weight is 434 g/mol. The molecule has 164 valence electrons. The molecule has 2 aromatic rings. The van der Waals surface area contributed by atoms with E-state index in [1.54, 1.807) is 19.2 Å². The monoisotopic (exact) mass is 433 g/mol. The number of aromatic nitrogens is 2. The SMILES string of the molecule is COc1ccc(C)cc1S(=O)(=O)N(C)Cc1nc([C@@H]2CCCNC2)cc(N(C)C)n1. The van der Waals surface area contributed by atoms with Crippen molar-refractivity contribution in [1.29, 1.82) is 0 Å². The lowest BCUT2D eigenvalue weighted by molar-refractivity contribution is 0.396. The highest BCUT2D eigenvalue weighted by Gasteiger charge is 2.27. The highest BCUT2D eigenvalue weighted by Crippen LogP contribution is 2.29. The van der Waals surface area contributed by atoms with Crippen molar-refractivity contribution in [2.75, 3.05) is 46.2 Å². The van der Waals surface area contributed by atoms with E-state index in [2.05, 4.69) is 10.3 Å². The van der Waals surface area contributed by atoms with Gasteiger partial charge in [0.1, 0.15) is 22.3 Å². The van der Waals surface area contributed by atoms with Crippen LogP contribution in [0, 0.1) is 6.92 Å². The largest absolute Gasteiger partial charge is 0.495 e. The Hall–Kier alpha value is -2.23. The van der Waals surface area contributed by atoms with E-state index >= 15 is 0 Å². The Morgan fingerprint density at radius 3 is 2.60 bits per heavy atom. The lowest BCUT2D eigenvalue weighted by Crippen LogP contribution is -2.31. The second-order valence-corrected chi connectivity index (χ2v) is 9.93. The fourth-order valence-corrected chi connectivity index (χ4v) is 4.92. The van der Waals surface area contributed by atoms with Gasteiger partial charge in [-0.3, -0.25) is 0 Å². The maximum absolute atomic E-state index is 13.2. The van der Waals surface area contributed by atoms with Gasteiger partial charge in [-0.25, -0.2) is 18.4 Å². The number of nitrogens with one attached hydrogen (secondary N) is 1. The van der Waals surface area contributed by atoms with Crippen LogP contribution in [0.2, 0.25) is 0 Å². The third kappa shape index (κ3) is 4.91. The van der Waals surface area contributed by atoms with Crippen LogP contribution in [-0.2, 0) is 16.6 Å². The Morgan fingerprint density at radius 2 is 1.97 bits per heavy atom. The number of piperidine rings is 1. The summed E-state index contributed by atoms with van der Waals surface area (Å²) >= 11 is 0. The van der Waals surface area contributed by atoms with Crippen molar-refractivity contribution in [1.82, 2.24) is 19.6 Å². The molecule has 0 radical (unpaired) electrons. The van der Waals surface area contributed by atoms with E-state index in [1.807, 2.05) is 38.1 Å². The third-order valence-electron chi connectivity index (χ3n) is 5.32. The van der Waals surface area contributed by atoms with Gasteiger partial charge >= 0.3 is 0 Å². The highest BCUT2D eigenvalue weighted by atomic mass is 32.2. The summed E-state index contributed by atoms with van der Waals surface area (Å²) in [6.45, 7) is 3.83. The van der Waals surface area contributed by atoms with Crippen LogP contribution >= 0.6 is 0 Å². The second-order valence-electron chi connectivity index (χ2n) is 7.92. The number of anilines is 1. The minimum Gasteiger partial charge on any atom is -0.495 e. The zero-order chi connectivity index (χ0) is 21.9. The van der Waals surface area contributed by atoms with Gasteiger partial charge in [0.25, 0.3) is 0 Å². The first-order chi connectivity index (χ1) is 14.2. The van der Waals surface area contributed by atoms with Crippen molar-refractivity contribution in [3.8, 4) is 5.75 Å². The summed E-state index contributed by atoms with van der Waals surface area (Å²) in [6.07, 6.45) is 2.16. The number of hydrogen-bond acceptors (Lipinski definition) is 7. The molecule has 1 fully saturated rings. The number of sulfonamides is 1. The Kier molecular flexibility index (Phi) is 6.95. The van der Waals surface area contributed by atoms with Gasteiger partial charge in [0.2, 0.25) is 10.0 Å². The van der Waals surface area contributed by atoms with Crippen molar-refractivity contribution in [3.63, 3.8) is 0 Å². The van der Waals surface area contributed by atoms with Gasteiger partial charge in [0.15, 0.2) is 0 Å². The summed E-state index contributed by atoms with van der Waals surface area (Å²) in [5.74, 6) is 1.89. The van der Waals surface area contributed by atoms with Crippen LogP contribution < -0.4 is 15.0 Å². The summed E-state index contributed by atoms with van der Waals surface area (Å²) in [7, 11) is 3.09. The molecule has 1 aromatic heterocycles. The van der Waals surface area contributed by atoms with E-state index in [0.29, 0.717) is 17.5 Å². The maximum atomic E-state index is 13.2. The fourth-order valence-electron chi connectivity index (χ4n) is 3.55. The topological polar surface area (TPSA) is 87.7 Å². The predicted molar refractivity (Wildman–Crippen MR) is 118 cm³/mol. The third-order valence-corrected chi connectivity index (χ3v) is 7.15. The molecule has 1 aliphatic rings. The molecule has 1 N–H and O–H groups in total. The van der Waals surface area contributed by atoms with Gasteiger partial charge in [0.05, 0.1) is 19.3 Å². The van der Waals surface area contributed by atoms with Crippen molar-refractivity contribution in [2.24, 2.45) is 0 Å². The molecule has 9 heteroatoms. The molecule has 1 aromatic carbocycles. The lowest BCUT2D eigenvalue weighted by Gasteiger charge is -2.25. The van der Waals surface area contributed by atoms with Crippen LogP contribution in [0.4, 0.5) is 5.82 Å². The van der Waals surface area contributed by atoms with Crippen LogP contribution in [-0.4, -0.2) is 64.0 Å². The van der Waals surface area contributed by atoms with E-state index in [4.69, 9.17) is 9.72 Å². The molecule has 30 heavy (non-hydrogen) atoms. The van der Waals surface area contributed by atoms with Crippen LogP contribution in [0.15, 0.2) is 29.2 Å². The van der Waals surface area contributed by atoms with E-state index in [0.717, 1.165) is 43.0 Å². The molecule has 0 unspecified atom stereocenters. The summed E-state index contributed by atoms with van der Waals surface area (Å²) in [5, 5.41) is 3.41. The Bertz CT molecular complexity index is 988. The van der Waals surface area contributed by atoms with Gasteiger partial charge in [-0.2, -0.15) is 4.31 Å². The molecule has 1 saturated heterocycles. The van der Waals surface area contributed by atoms with Crippen molar-refractivity contribution >= 4 is 15.8 Å². The fraction of sp³-hybridized carbons (Fsp3) is 0.524. The zero-order valence-electron chi connectivity index (χ0n) is 18.3. The molecule has 1 aliphatic heterocycles. The summed E-state index contributed by atoms with van der Waals surface area (Å²) in [6, 6.07) is 7.12. The number of methoxy groups -OCH3 is 1. The summed E-state index contributed by atoms with van der Waals surface area (Å²) in [4.78, 5) is 11.4. The highest BCUT2D eigenvalue weighted by molar-refractivity contribution is 7.89. The molecule has 1 atom stereocenters. The van der Waals surface area contributed by atoms with Gasteiger partial charge < -0.3 is 15.0 Å². The van der Waals surface area contributed by atoms with Crippen LogP contribution in [0.25, 0.3) is 0 Å². The first-order valence-corrected chi connectivity index (χ1v) is 11.5. The zero-order valence-corrected chi connectivity index (χ0v) is 19.2. The van der Waals surface area contributed by atoms with Crippen molar-refractivity contribution < 1.29 is 13.2 Å². The van der Waals surface area contributed by atoms with E-state index < -0.39 is 10.0 Å². The molecule has 8 nitrogen and oxygen atoms in total. The Morgan fingerprint density at radius 1 is 1.20 bits per heavy atom. The van der Waals surface area contributed by atoms with Gasteiger partial charge in [-0.05, 0) is 44.0 Å². The van der Waals surface area contributed by atoms with Crippen molar-refractivity contribution in [3.05, 3.63) is 41.3 Å². The Balaban J connectivity index is 1.92. The smallest absolute Gasteiger partial charge is 0.246 e. The molecule has 0 spiro atoms. The standard InChI is InChI=1S/C21H31N5O3S/c1-15-8-9-18(29-5)19(11-15)30(27,28)26(4)14-20-23-17(12-21(24-20)25(2)3)16-7-6-10-22-13-16/h8-9,11-12,16,22H,6-7,10,13-14H2,1-5H3/t16-/m1/s1. The van der Waals surface area contributed by atoms with Crippen molar-refractivity contribution in [2.45, 2.75) is 37.1 Å². The minimum absolute atomic E-state index is 0.0776. The second kappa shape index (κ2) is 9.28. The molecule has 2 heterocycles. The van der Waals surface area contributed by atoms with Crippen LogP contribution in [0.3, 0.4) is 0 Å². The van der Waals surface area contributed by atoms with Gasteiger partial charge in [-0.15, -0.1) is 0 Å². The quantitative estimate of drug-likeness (QED) is 0.716. The summed E-state index contributed by atoms with van der Waals surface area (Å²) in [5.41, 5.74) is 1.80. The normalized spacial score (nSPS) is 17.2. The van der Waals surface area contributed by atoms with Gasteiger partial charge in [0, 0.05) is 39.7 Å². The summed E-state index contributed by atoms with van der Waals surface area (Å²) < 4.78 is 33.1. The van der Waals surface area contributed by atoms with Crippen LogP contribution in [0.1, 0.15) is 35.8 Å². The van der Waals surface area contributed by atoms with E-state index in [-0.39, 0.29) is 11.4 Å². The van der Waals surface area contributed by atoms with Gasteiger partial charge in [-0.1, -0.05) is 6.07 Å². The average Bonchev–Trinajstić information content (AvgIpc) is 2.74. The van der Waals surface area contributed by atoms with E-state index in [9.17, 15) is 8.42 Å². The number of ether oxygens (including phenoxy) is 1. The minimum atomic E-state index is -3.77. The molecule has 0 aliphatic carbocycles. The lowest BCUT2D eigenvalue weighted by atomic mass is 9.96. The Labute approximate surface area is 179 Å². The first-order valence-electron chi connectivity index (χ1n) is 10.1. The number of rotatable bonds is 7. The molecule has 0 saturated carbocycles. The number of benzene rings is 1. The number of aryl methyl sites for hydroxylation is 1. The maximum Gasteiger partial charge on any atom is 0.246 e. The molecule has 0 amide bonds. The molecular formula is C21H31N5O3S. The number of hydrogen-bond donors (Lipinski definition) is 1. The predicted octanol–water partition coefficient (Wildman–Crippen LogP) is 2.15. The first kappa shape index (κ1) is 22.5. The molecule has 3 rings (SSSR count). The van der Waals surface area contributed by atoms with Crippen LogP contribution in [0.5, 0.6) is 5.75 Å². The van der Waals surface area contributed by atoms with E-state index in [1.165, 1.54) is 11.4 Å². The molecule has 0 bridgehead atoms. The molecular weight excluding hydrogens is 402 g/mol.